The van der Waals surface area contributed by atoms with Crippen molar-refractivity contribution in [3.63, 3.8) is 0 Å². The van der Waals surface area contributed by atoms with Crippen LogP contribution < -0.4 is 16.4 Å². The van der Waals surface area contributed by atoms with Crippen LogP contribution in [0.4, 0.5) is 11.4 Å². The molecule has 0 heterocycles. The molecule has 0 aromatic heterocycles. The summed E-state index contributed by atoms with van der Waals surface area (Å²) in [5, 5.41) is 5.60. The molecule has 4 N–H and O–H groups in total. The van der Waals surface area contributed by atoms with E-state index < -0.39 is 5.54 Å². The number of nitrogens with one attached hydrogen (secondary N) is 2. The monoisotopic (exact) mass is 305 g/mol. The summed E-state index contributed by atoms with van der Waals surface area (Å²) < 4.78 is 0. The molecule has 106 valence electrons. The van der Waals surface area contributed by atoms with Crippen molar-refractivity contribution in [2.24, 2.45) is 5.73 Å². The topological polar surface area (TPSA) is 84.2 Å². The van der Waals surface area contributed by atoms with Gasteiger partial charge in [-0.15, -0.1) is 12.4 Å². The highest BCUT2D eigenvalue weighted by Gasteiger charge is 2.22. The van der Waals surface area contributed by atoms with E-state index in [4.69, 9.17) is 17.3 Å². The number of nitrogens with two attached hydrogens (primary N) is 1. The second-order valence-electron chi connectivity index (χ2n) is 4.55. The van der Waals surface area contributed by atoms with Crippen molar-refractivity contribution in [2.75, 3.05) is 10.6 Å². The van der Waals surface area contributed by atoms with Crippen molar-refractivity contribution in [1.29, 1.82) is 0 Å². The molecule has 0 spiro atoms. The largest absolute Gasteiger partial charge is 0.326 e. The van der Waals surface area contributed by atoms with E-state index in [-0.39, 0.29) is 24.2 Å². The molecule has 1 rings (SSSR count). The number of anilines is 2. The fourth-order valence-electron chi connectivity index (χ4n) is 1.19. The van der Waals surface area contributed by atoms with E-state index >= 15 is 0 Å². The maximum absolute atomic E-state index is 11.7. The van der Waals surface area contributed by atoms with E-state index in [1.807, 2.05) is 0 Å². The first-order valence-electron chi connectivity index (χ1n) is 5.37. The number of halogens is 2. The second-order valence-corrected chi connectivity index (χ2v) is 4.96. The van der Waals surface area contributed by atoms with Gasteiger partial charge in [0, 0.05) is 12.6 Å². The van der Waals surface area contributed by atoms with Gasteiger partial charge in [-0.25, -0.2) is 0 Å². The van der Waals surface area contributed by atoms with Crippen LogP contribution in [-0.2, 0) is 9.59 Å². The minimum Gasteiger partial charge on any atom is -0.326 e. The Kier molecular flexibility index (Phi) is 6.29. The highest BCUT2D eigenvalue weighted by atomic mass is 35.5. The van der Waals surface area contributed by atoms with Gasteiger partial charge in [0.1, 0.15) is 0 Å². The Morgan fingerprint density at radius 2 is 1.84 bits per heavy atom. The normalized spacial score (nSPS) is 10.4. The van der Waals surface area contributed by atoms with Crippen molar-refractivity contribution in [1.82, 2.24) is 0 Å². The van der Waals surface area contributed by atoms with Crippen LogP contribution in [0, 0.1) is 0 Å². The van der Waals surface area contributed by atoms with Crippen molar-refractivity contribution < 1.29 is 9.59 Å². The summed E-state index contributed by atoms with van der Waals surface area (Å²) in [6.45, 7) is 4.58. The number of carbonyl (C=O) groups excluding carboxylic acids is 2. The predicted molar refractivity (Wildman–Crippen MR) is 79.9 cm³/mol. The van der Waals surface area contributed by atoms with Gasteiger partial charge in [0.15, 0.2) is 0 Å². The highest BCUT2D eigenvalue weighted by Crippen LogP contribution is 2.26. The van der Waals surface area contributed by atoms with E-state index in [0.29, 0.717) is 16.4 Å². The minimum atomic E-state index is -1.01. The van der Waals surface area contributed by atoms with E-state index in [0.717, 1.165) is 0 Å². The van der Waals surface area contributed by atoms with Gasteiger partial charge < -0.3 is 16.4 Å². The van der Waals surface area contributed by atoms with Crippen LogP contribution in [0.1, 0.15) is 20.8 Å². The lowest BCUT2D eigenvalue weighted by Crippen LogP contribution is -2.45. The third-order valence-electron chi connectivity index (χ3n) is 2.12. The maximum Gasteiger partial charge on any atom is 0.243 e. The molecule has 0 saturated carbocycles. The van der Waals surface area contributed by atoms with E-state index in [1.165, 1.54) is 6.92 Å². The van der Waals surface area contributed by atoms with Crippen molar-refractivity contribution in [3.8, 4) is 0 Å². The van der Waals surface area contributed by atoms with Crippen LogP contribution >= 0.6 is 24.0 Å². The number of carbonyl (C=O) groups is 2. The minimum absolute atomic E-state index is 0. The Morgan fingerprint density at radius 3 is 2.32 bits per heavy atom. The lowest BCUT2D eigenvalue weighted by Gasteiger charge is -2.18. The number of amides is 2. The van der Waals surface area contributed by atoms with Crippen molar-refractivity contribution in [2.45, 2.75) is 26.3 Å². The van der Waals surface area contributed by atoms with Crippen LogP contribution in [0.3, 0.4) is 0 Å². The van der Waals surface area contributed by atoms with Crippen molar-refractivity contribution in [3.05, 3.63) is 23.2 Å². The molecule has 2 amide bonds. The summed E-state index contributed by atoms with van der Waals surface area (Å²) in [7, 11) is 0. The average Bonchev–Trinajstić information content (AvgIpc) is 2.20. The molecule has 5 nitrogen and oxygen atoms in total. The summed E-state index contributed by atoms with van der Waals surface area (Å²) in [6, 6.07) is 4.81. The number of rotatable bonds is 3. The molecular formula is C12H17Cl2N3O2. The molecule has 7 heteroatoms. The van der Waals surface area contributed by atoms with E-state index in [2.05, 4.69) is 10.6 Å². The van der Waals surface area contributed by atoms with E-state index in [9.17, 15) is 9.59 Å². The molecular weight excluding hydrogens is 289 g/mol. The second kappa shape index (κ2) is 6.75. The lowest BCUT2D eigenvalue weighted by molar-refractivity contribution is -0.120. The standard InChI is InChI=1S/C12H16ClN3O2.ClH/c1-7(17)15-8-4-5-9(13)10(6-8)16-11(18)12(2,3)14;/h4-6H,14H2,1-3H3,(H,15,17)(H,16,18);1H. The summed E-state index contributed by atoms with van der Waals surface area (Å²) in [4.78, 5) is 22.7. The Morgan fingerprint density at radius 1 is 1.26 bits per heavy atom. The molecule has 1 aromatic carbocycles. The Bertz CT molecular complexity index is 484. The van der Waals surface area contributed by atoms with Crippen LogP contribution in [0.25, 0.3) is 0 Å². The van der Waals surface area contributed by atoms with Crippen molar-refractivity contribution >= 4 is 47.2 Å². The molecule has 0 saturated heterocycles. The zero-order valence-corrected chi connectivity index (χ0v) is 12.5. The molecule has 0 unspecified atom stereocenters. The van der Waals surface area contributed by atoms with Gasteiger partial charge in [0.25, 0.3) is 0 Å². The molecule has 0 bridgehead atoms. The van der Waals surface area contributed by atoms with Crippen LogP contribution in [0.5, 0.6) is 0 Å². The summed E-state index contributed by atoms with van der Waals surface area (Å²) in [6.07, 6.45) is 0. The fraction of sp³-hybridized carbons (Fsp3) is 0.333. The number of hydrogen-bond donors (Lipinski definition) is 3. The highest BCUT2D eigenvalue weighted by molar-refractivity contribution is 6.34. The Labute approximate surface area is 123 Å². The maximum atomic E-state index is 11.7. The molecule has 0 radical (unpaired) electrons. The molecule has 0 aliphatic rings. The zero-order valence-electron chi connectivity index (χ0n) is 10.9. The van der Waals surface area contributed by atoms with Gasteiger partial charge in [0.05, 0.1) is 16.2 Å². The lowest BCUT2D eigenvalue weighted by atomic mass is 10.1. The summed E-state index contributed by atoms with van der Waals surface area (Å²) in [5.41, 5.74) is 5.63. The quantitative estimate of drug-likeness (QED) is 0.801. The predicted octanol–water partition coefficient (Wildman–Crippen LogP) is 2.40. The number of hydrogen-bond acceptors (Lipinski definition) is 3. The third-order valence-corrected chi connectivity index (χ3v) is 2.45. The van der Waals surface area contributed by atoms with Gasteiger partial charge in [-0.3, -0.25) is 9.59 Å². The molecule has 0 fully saturated rings. The average molecular weight is 306 g/mol. The first-order valence-corrected chi connectivity index (χ1v) is 5.75. The first-order chi connectivity index (χ1) is 8.20. The van der Waals surface area contributed by atoms with Gasteiger partial charge in [-0.2, -0.15) is 0 Å². The van der Waals surface area contributed by atoms with E-state index in [1.54, 1.807) is 32.0 Å². The zero-order chi connectivity index (χ0) is 13.9. The van der Waals surface area contributed by atoms with Crippen LogP contribution in [0.2, 0.25) is 5.02 Å². The Balaban J connectivity index is 0.00000324. The summed E-state index contributed by atoms with van der Waals surface area (Å²) >= 11 is 5.96. The Hall–Kier alpha value is -1.30. The summed E-state index contributed by atoms with van der Waals surface area (Å²) in [5.74, 6) is -0.557. The SMILES string of the molecule is CC(=O)Nc1ccc(Cl)c(NC(=O)C(C)(C)N)c1.Cl. The van der Waals surface area contributed by atoms with Gasteiger partial charge in [-0.1, -0.05) is 11.6 Å². The van der Waals surface area contributed by atoms with Gasteiger partial charge >= 0.3 is 0 Å². The van der Waals surface area contributed by atoms with Crippen LogP contribution in [0.15, 0.2) is 18.2 Å². The molecule has 0 atom stereocenters. The molecule has 1 aromatic rings. The molecule has 0 aliphatic heterocycles. The molecule has 0 aliphatic carbocycles. The smallest absolute Gasteiger partial charge is 0.243 e. The van der Waals surface area contributed by atoms with Gasteiger partial charge in [-0.05, 0) is 32.0 Å². The third kappa shape index (κ3) is 5.46. The van der Waals surface area contributed by atoms with Gasteiger partial charge in [0.2, 0.25) is 11.8 Å². The molecule has 19 heavy (non-hydrogen) atoms. The number of benzene rings is 1. The fourth-order valence-corrected chi connectivity index (χ4v) is 1.35. The van der Waals surface area contributed by atoms with Crippen LogP contribution in [-0.4, -0.2) is 17.4 Å². The first kappa shape index (κ1) is 17.7.